The maximum atomic E-state index is 13.2. The molecule has 0 aliphatic carbocycles. The van der Waals surface area contributed by atoms with E-state index in [4.69, 9.17) is 21.4 Å². The largest absolute Gasteiger partial charge is 0.458 e. The van der Waals surface area contributed by atoms with E-state index in [-0.39, 0.29) is 37.4 Å². The van der Waals surface area contributed by atoms with Crippen LogP contribution >= 0.6 is 11.6 Å². The molecule has 3 N–H and O–H groups in total. The summed E-state index contributed by atoms with van der Waals surface area (Å²) in [5, 5.41) is 25.9. The van der Waals surface area contributed by atoms with E-state index in [0.717, 1.165) is 6.42 Å². The van der Waals surface area contributed by atoms with Crippen LogP contribution in [0, 0.1) is 5.92 Å². The Labute approximate surface area is 197 Å². The molecule has 0 spiro atoms. The normalized spacial score (nSPS) is 16.3. The maximum absolute atomic E-state index is 13.2. The highest BCUT2D eigenvalue weighted by atomic mass is 35.5. The lowest BCUT2D eigenvalue weighted by Gasteiger charge is -2.28. The number of aliphatic hydroxyl groups is 2. The number of carbonyl (C=O) groups excluding carboxylic acids is 2. The van der Waals surface area contributed by atoms with Crippen molar-refractivity contribution in [2.24, 2.45) is 5.92 Å². The number of aromatic nitrogens is 2. The Morgan fingerprint density at radius 1 is 1.33 bits per heavy atom. The second kappa shape index (κ2) is 11.3. The first-order valence-corrected chi connectivity index (χ1v) is 11.2. The van der Waals surface area contributed by atoms with Crippen LogP contribution in [0.3, 0.4) is 0 Å². The van der Waals surface area contributed by atoms with Gasteiger partial charge in [0.25, 0.3) is 5.91 Å². The lowest BCUT2D eigenvalue weighted by molar-refractivity contribution is -0.134. The van der Waals surface area contributed by atoms with Gasteiger partial charge in [-0.25, -0.2) is 0 Å². The van der Waals surface area contributed by atoms with Gasteiger partial charge in [-0.1, -0.05) is 44.0 Å². The Balaban J connectivity index is 1.71. The fraction of sp³-hybridized carbons (Fsp3) is 0.435. The summed E-state index contributed by atoms with van der Waals surface area (Å²) in [7, 11) is 0. The zero-order chi connectivity index (χ0) is 24.0. The summed E-state index contributed by atoms with van der Waals surface area (Å²) in [5.41, 5.74) is 0. The van der Waals surface area contributed by atoms with Gasteiger partial charge in [-0.2, -0.15) is 5.10 Å². The van der Waals surface area contributed by atoms with Gasteiger partial charge < -0.3 is 25.2 Å². The Bertz CT molecular complexity index is 1010. The number of para-hydroxylation sites is 1. The molecule has 3 atom stereocenters. The molecule has 1 aliphatic heterocycles. The topological polar surface area (TPSA) is 117 Å². The summed E-state index contributed by atoms with van der Waals surface area (Å²) in [6.45, 7) is 3.92. The number of nitrogens with one attached hydrogen (secondary N) is 1. The Kier molecular flexibility index (Phi) is 8.49. The predicted octanol–water partition coefficient (Wildman–Crippen LogP) is 2.44. The van der Waals surface area contributed by atoms with Crippen LogP contribution in [0.4, 0.5) is 5.82 Å². The van der Waals surface area contributed by atoms with E-state index in [9.17, 15) is 14.7 Å². The third-order valence-electron chi connectivity index (χ3n) is 5.47. The van der Waals surface area contributed by atoms with E-state index in [1.54, 1.807) is 36.5 Å². The molecular weight excluding hydrogens is 448 g/mol. The van der Waals surface area contributed by atoms with E-state index < -0.39 is 12.1 Å². The lowest BCUT2D eigenvalue weighted by atomic mass is 9.97. The van der Waals surface area contributed by atoms with Crippen LogP contribution in [0.2, 0.25) is 5.02 Å². The molecule has 9 nitrogen and oxygen atoms in total. The molecule has 10 heteroatoms. The zero-order valence-electron chi connectivity index (χ0n) is 18.6. The minimum atomic E-state index is -0.948. The molecule has 1 aromatic heterocycles. The van der Waals surface area contributed by atoms with Gasteiger partial charge in [0.15, 0.2) is 5.82 Å². The van der Waals surface area contributed by atoms with Gasteiger partial charge in [-0.15, -0.1) is 0 Å². The summed E-state index contributed by atoms with van der Waals surface area (Å²) in [6, 6.07) is 7.86. The van der Waals surface area contributed by atoms with Crippen molar-refractivity contribution < 1.29 is 24.5 Å². The Morgan fingerprint density at radius 2 is 2.09 bits per heavy atom. The van der Waals surface area contributed by atoms with Crippen molar-refractivity contribution in [2.75, 3.05) is 18.5 Å². The molecule has 1 aliphatic rings. The van der Waals surface area contributed by atoms with E-state index >= 15 is 0 Å². The van der Waals surface area contributed by atoms with Crippen LogP contribution in [0.5, 0.6) is 5.75 Å². The first-order valence-electron chi connectivity index (χ1n) is 10.9. The zero-order valence-corrected chi connectivity index (χ0v) is 19.4. The highest BCUT2D eigenvalue weighted by Gasteiger charge is 2.35. The number of benzene rings is 1. The van der Waals surface area contributed by atoms with Crippen molar-refractivity contribution >= 4 is 29.2 Å². The van der Waals surface area contributed by atoms with Gasteiger partial charge in [0.2, 0.25) is 5.91 Å². The SMILES string of the molecule is CC[C@@H](C)CC(C(=O)Nc1ccn(C[C@@H](O)CO)n1)N1CC(Oc2ccccc2Cl)=CC1=O. The molecule has 2 amide bonds. The summed E-state index contributed by atoms with van der Waals surface area (Å²) in [4.78, 5) is 27.4. The number of rotatable bonds is 11. The molecule has 0 saturated heterocycles. The molecule has 1 aromatic carbocycles. The summed E-state index contributed by atoms with van der Waals surface area (Å²) >= 11 is 6.16. The number of halogens is 1. The number of ether oxygens (including phenoxy) is 1. The number of hydrogen-bond donors (Lipinski definition) is 3. The van der Waals surface area contributed by atoms with Crippen LogP contribution in [0.1, 0.15) is 26.7 Å². The van der Waals surface area contributed by atoms with Crippen molar-refractivity contribution in [3.05, 3.63) is 53.4 Å². The van der Waals surface area contributed by atoms with Crippen LogP contribution in [0.15, 0.2) is 48.4 Å². The van der Waals surface area contributed by atoms with E-state index in [1.807, 2.05) is 13.8 Å². The Morgan fingerprint density at radius 3 is 2.79 bits per heavy atom. The molecule has 1 unspecified atom stereocenters. The number of hydrogen-bond acceptors (Lipinski definition) is 6. The van der Waals surface area contributed by atoms with Crippen molar-refractivity contribution in [1.29, 1.82) is 0 Å². The maximum Gasteiger partial charge on any atom is 0.251 e. The van der Waals surface area contributed by atoms with Gasteiger partial charge in [0, 0.05) is 18.3 Å². The number of carbonyl (C=O) groups is 2. The van der Waals surface area contributed by atoms with Crippen LogP contribution < -0.4 is 10.1 Å². The number of anilines is 1. The van der Waals surface area contributed by atoms with Gasteiger partial charge in [-0.3, -0.25) is 14.3 Å². The highest BCUT2D eigenvalue weighted by Crippen LogP contribution is 2.28. The smallest absolute Gasteiger partial charge is 0.251 e. The summed E-state index contributed by atoms with van der Waals surface area (Å²) in [6.07, 6.45) is 3.36. The van der Waals surface area contributed by atoms with Gasteiger partial charge >= 0.3 is 0 Å². The molecule has 3 rings (SSSR count). The Hall–Kier alpha value is -2.88. The molecule has 0 radical (unpaired) electrons. The molecule has 0 saturated carbocycles. The second-order valence-corrected chi connectivity index (χ2v) is 8.53. The first-order chi connectivity index (χ1) is 15.8. The van der Waals surface area contributed by atoms with Gasteiger partial charge in [0.05, 0.1) is 30.8 Å². The summed E-state index contributed by atoms with van der Waals surface area (Å²) in [5.74, 6) is 0.697. The van der Waals surface area contributed by atoms with Gasteiger partial charge in [-0.05, 0) is 24.5 Å². The summed E-state index contributed by atoms with van der Waals surface area (Å²) < 4.78 is 7.24. The fourth-order valence-electron chi connectivity index (χ4n) is 3.44. The van der Waals surface area contributed by atoms with Crippen molar-refractivity contribution in [3.8, 4) is 5.75 Å². The third kappa shape index (κ3) is 6.56. The molecule has 0 fully saturated rings. The van der Waals surface area contributed by atoms with Crippen LogP contribution in [-0.2, 0) is 16.1 Å². The average Bonchev–Trinajstić information content (AvgIpc) is 3.38. The minimum Gasteiger partial charge on any atom is -0.458 e. The molecule has 0 bridgehead atoms. The van der Waals surface area contributed by atoms with Crippen molar-refractivity contribution in [3.63, 3.8) is 0 Å². The minimum absolute atomic E-state index is 0.0972. The first kappa shape index (κ1) is 24.8. The molecular formula is C23H29ClN4O5. The van der Waals surface area contributed by atoms with Crippen LogP contribution in [0.25, 0.3) is 0 Å². The molecule has 2 aromatic rings. The second-order valence-electron chi connectivity index (χ2n) is 8.12. The van der Waals surface area contributed by atoms with E-state index in [0.29, 0.717) is 28.8 Å². The third-order valence-corrected chi connectivity index (χ3v) is 5.79. The molecule has 2 heterocycles. The molecule has 33 heavy (non-hydrogen) atoms. The number of amides is 2. The van der Waals surface area contributed by atoms with E-state index in [1.165, 1.54) is 15.7 Å². The van der Waals surface area contributed by atoms with Gasteiger partial charge in [0.1, 0.15) is 17.6 Å². The average molecular weight is 477 g/mol. The highest BCUT2D eigenvalue weighted by molar-refractivity contribution is 6.32. The fourth-order valence-corrected chi connectivity index (χ4v) is 3.62. The number of aliphatic hydroxyl groups excluding tert-OH is 2. The van der Waals surface area contributed by atoms with Crippen molar-refractivity contribution in [1.82, 2.24) is 14.7 Å². The number of nitrogens with zero attached hydrogens (tertiary/aromatic N) is 3. The van der Waals surface area contributed by atoms with E-state index in [2.05, 4.69) is 10.4 Å². The molecule has 178 valence electrons. The standard InChI is InChI=1S/C23H29ClN4O5/c1-3-15(2)10-19(23(32)25-21-8-9-27(26-21)12-16(30)14-29)28-13-17(11-22(28)31)33-20-7-5-4-6-18(20)24/h4-9,11,15-16,19,29-30H,3,10,12-14H2,1-2H3,(H,25,26,32)/t15-,16-,19?/m1/s1. The monoisotopic (exact) mass is 476 g/mol. The van der Waals surface area contributed by atoms with Crippen LogP contribution in [-0.4, -0.2) is 62.0 Å². The van der Waals surface area contributed by atoms with Crippen molar-refractivity contribution in [2.45, 2.75) is 45.4 Å². The lowest BCUT2D eigenvalue weighted by Crippen LogP contribution is -2.46. The predicted molar refractivity (Wildman–Crippen MR) is 124 cm³/mol. The quantitative estimate of drug-likeness (QED) is 0.458.